The van der Waals surface area contributed by atoms with Crippen molar-refractivity contribution in [3.8, 4) is 0 Å². The lowest BCUT2D eigenvalue weighted by Crippen LogP contribution is -2.18. The van der Waals surface area contributed by atoms with E-state index < -0.39 is 0 Å². The van der Waals surface area contributed by atoms with Crippen LogP contribution in [0.15, 0.2) is 39.5 Å². The summed E-state index contributed by atoms with van der Waals surface area (Å²) < 4.78 is 0. The summed E-state index contributed by atoms with van der Waals surface area (Å²) in [6.45, 7) is 11.7. The maximum atomic E-state index is 3.71. The van der Waals surface area contributed by atoms with Crippen LogP contribution in [0.5, 0.6) is 0 Å². The van der Waals surface area contributed by atoms with E-state index in [4.69, 9.17) is 0 Å². The van der Waals surface area contributed by atoms with Crippen molar-refractivity contribution in [3.05, 3.63) is 45.6 Å². The standard InChI is InChI=1S/C21H29/c1-14-15(2)20(21(4,5)16(14)3)19-13-9-12-18(19)17-10-7-6-8-11-17/h13,17H,6-11H2,1-5H3. The Hall–Kier alpha value is -1.04. The first-order valence-corrected chi connectivity index (χ1v) is 8.66. The topological polar surface area (TPSA) is 0 Å². The summed E-state index contributed by atoms with van der Waals surface area (Å²) in [5, 5.41) is 0. The second-order valence-electron chi connectivity index (χ2n) is 7.62. The molecule has 0 unspecified atom stereocenters. The number of hydrogen-bond acceptors (Lipinski definition) is 0. The molecular weight excluding hydrogens is 252 g/mol. The Labute approximate surface area is 130 Å². The zero-order valence-electron chi connectivity index (χ0n) is 14.4. The van der Waals surface area contributed by atoms with Gasteiger partial charge in [0.25, 0.3) is 0 Å². The third-order valence-corrected chi connectivity index (χ3v) is 6.23. The molecule has 3 rings (SSSR count). The summed E-state index contributed by atoms with van der Waals surface area (Å²) in [6.07, 6.45) is 14.2. The molecule has 0 heterocycles. The Bertz CT molecular complexity index is 569. The van der Waals surface area contributed by atoms with Crippen LogP contribution in [0.4, 0.5) is 0 Å². The van der Waals surface area contributed by atoms with Gasteiger partial charge in [-0.25, -0.2) is 0 Å². The van der Waals surface area contributed by atoms with Gasteiger partial charge in [0.1, 0.15) is 0 Å². The van der Waals surface area contributed by atoms with Crippen molar-refractivity contribution in [1.29, 1.82) is 0 Å². The van der Waals surface area contributed by atoms with Gasteiger partial charge in [-0.05, 0) is 79.9 Å². The Morgan fingerprint density at radius 1 is 1.00 bits per heavy atom. The van der Waals surface area contributed by atoms with Gasteiger partial charge < -0.3 is 0 Å². The van der Waals surface area contributed by atoms with E-state index in [1.165, 1.54) is 43.3 Å². The second kappa shape index (κ2) is 5.30. The molecule has 113 valence electrons. The van der Waals surface area contributed by atoms with Gasteiger partial charge >= 0.3 is 0 Å². The fourth-order valence-corrected chi connectivity index (χ4v) is 4.59. The van der Waals surface area contributed by atoms with Crippen molar-refractivity contribution in [3.63, 3.8) is 0 Å². The number of hydrogen-bond donors (Lipinski definition) is 0. The van der Waals surface area contributed by atoms with E-state index in [9.17, 15) is 0 Å². The Balaban J connectivity index is 1.96. The normalized spacial score (nSPS) is 26.5. The Morgan fingerprint density at radius 2 is 1.67 bits per heavy atom. The molecule has 0 nitrogen and oxygen atoms in total. The third kappa shape index (κ3) is 2.28. The lowest BCUT2D eigenvalue weighted by atomic mass is 9.72. The van der Waals surface area contributed by atoms with Crippen molar-refractivity contribution in [2.24, 2.45) is 11.3 Å². The first-order chi connectivity index (χ1) is 9.94. The van der Waals surface area contributed by atoms with Gasteiger partial charge in [-0.15, -0.1) is 0 Å². The predicted octanol–water partition coefficient (Wildman–Crippen LogP) is 6.32. The molecule has 1 fully saturated rings. The van der Waals surface area contributed by atoms with Gasteiger partial charge in [0.15, 0.2) is 0 Å². The van der Waals surface area contributed by atoms with Gasteiger partial charge in [0.05, 0.1) is 0 Å². The van der Waals surface area contributed by atoms with Crippen LogP contribution in [0.3, 0.4) is 0 Å². The summed E-state index contributed by atoms with van der Waals surface area (Å²) >= 11 is 0. The average molecular weight is 281 g/mol. The molecule has 0 bridgehead atoms. The van der Waals surface area contributed by atoms with Gasteiger partial charge in [-0.2, -0.15) is 0 Å². The molecule has 0 saturated heterocycles. The number of allylic oxidation sites excluding steroid dienone is 8. The first-order valence-electron chi connectivity index (χ1n) is 8.66. The summed E-state index contributed by atoms with van der Waals surface area (Å²) in [7, 11) is 0. The van der Waals surface area contributed by atoms with Gasteiger partial charge in [-0.3, -0.25) is 0 Å². The molecule has 0 aromatic carbocycles. The minimum atomic E-state index is 0.186. The van der Waals surface area contributed by atoms with Crippen molar-refractivity contribution >= 4 is 0 Å². The molecule has 1 radical (unpaired) electrons. The highest BCUT2D eigenvalue weighted by atomic mass is 14.4. The molecule has 0 atom stereocenters. The predicted molar refractivity (Wildman–Crippen MR) is 90.9 cm³/mol. The van der Waals surface area contributed by atoms with E-state index in [-0.39, 0.29) is 5.41 Å². The van der Waals surface area contributed by atoms with E-state index in [1.807, 2.05) is 0 Å². The molecule has 0 aromatic rings. The van der Waals surface area contributed by atoms with Crippen LogP contribution in [0.25, 0.3) is 0 Å². The first kappa shape index (κ1) is 14.9. The molecule has 0 aliphatic heterocycles. The van der Waals surface area contributed by atoms with Gasteiger partial charge in [-0.1, -0.05) is 44.8 Å². The van der Waals surface area contributed by atoms with Crippen LogP contribution >= 0.6 is 0 Å². The summed E-state index contributed by atoms with van der Waals surface area (Å²) in [5.74, 6) is 0.768. The maximum absolute atomic E-state index is 3.71. The molecule has 21 heavy (non-hydrogen) atoms. The zero-order chi connectivity index (χ0) is 15.2. The van der Waals surface area contributed by atoms with E-state index >= 15 is 0 Å². The maximum Gasteiger partial charge on any atom is 0.0117 e. The highest BCUT2D eigenvalue weighted by Crippen LogP contribution is 2.53. The van der Waals surface area contributed by atoms with E-state index in [2.05, 4.69) is 46.8 Å². The van der Waals surface area contributed by atoms with Crippen molar-refractivity contribution in [2.45, 2.75) is 73.1 Å². The summed E-state index contributed by atoms with van der Waals surface area (Å²) in [5.41, 5.74) is 9.44. The Kier molecular flexibility index (Phi) is 3.76. The highest BCUT2D eigenvalue weighted by Gasteiger charge is 2.38. The van der Waals surface area contributed by atoms with E-state index in [0.29, 0.717) is 0 Å². The van der Waals surface area contributed by atoms with E-state index in [0.717, 1.165) is 12.3 Å². The summed E-state index contributed by atoms with van der Waals surface area (Å²) in [4.78, 5) is 0. The molecular formula is C21H29. The van der Waals surface area contributed by atoms with Gasteiger partial charge in [0, 0.05) is 5.41 Å². The second-order valence-corrected chi connectivity index (χ2v) is 7.62. The highest BCUT2D eigenvalue weighted by molar-refractivity contribution is 5.63. The van der Waals surface area contributed by atoms with Crippen LogP contribution in [0.1, 0.15) is 73.1 Å². The average Bonchev–Trinajstić information content (AvgIpc) is 2.99. The molecule has 1 saturated carbocycles. The molecule has 0 N–H and O–H groups in total. The van der Waals surface area contributed by atoms with Crippen LogP contribution in [0.2, 0.25) is 0 Å². The quantitative estimate of drug-likeness (QED) is 0.555. The van der Waals surface area contributed by atoms with Crippen LogP contribution in [-0.2, 0) is 0 Å². The lowest BCUT2D eigenvalue weighted by molar-refractivity contribution is 0.404. The molecule has 3 aliphatic carbocycles. The van der Waals surface area contributed by atoms with E-state index in [1.54, 1.807) is 22.3 Å². The smallest absolute Gasteiger partial charge is 0.0117 e. The molecule has 3 aliphatic rings. The molecule has 0 aromatic heterocycles. The SMILES string of the molecule is CC1=C(C)C(C)(C)C(C2=CC[C]=C2C2CCCCC2)=C1C. The fourth-order valence-electron chi connectivity index (χ4n) is 4.59. The molecule has 0 amide bonds. The minimum absolute atomic E-state index is 0.186. The summed E-state index contributed by atoms with van der Waals surface area (Å²) in [6, 6.07) is 0. The molecule has 0 spiro atoms. The van der Waals surface area contributed by atoms with Crippen LogP contribution < -0.4 is 0 Å². The minimum Gasteiger partial charge on any atom is -0.0722 e. The Morgan fingerprint density at radius 3 is 2.24 bits per heavy atom. The third-order valence-electron chi connectivity index (χ3n) is 6.23. The number of rotatable bonds is 2. The lowest BCUT2D eigenvalue weighted by Gasteiger charge is -2.31. The van der Waals surface area contributed by atoms with Crippen molar-refractivity contribution in [1.82, 2.24) is 0 Å². The van der Waals surface area contributed by atoms with Crippen molar-refractivity contribution in [2.75, 3.05) is 0 Å². The zero-order valence-corrected chi connectivity index (χ0v) is 14.4. The van der Waals surface area contributed by atoms with Crippen molar-refractivity contribution < 1.29 is 0 Å². The molecule has 0 heteroatoms. The largest absolute Gasteiger partial charge is 0.0722 e. The van der Waals surface area contributed by atoms with Crippen LogP contribution in [-0.4, -0.2) is 0 Å². The monoisotopic (exact) mass is 281 g/mol. The van der Waals surface area contributed by atoms with Crippen LogP contribution in [0, 0.1) is 17.4 Å². The fraction of sp³-hybridized carbons (Fsp3) is 0.619. The van der Waals surface area contributed by atoms with Gasteiger partial charge in [0.2, 0.25) is 0 Å².